The first-order chi connectivity index (χ1) is 12.1. The van der Waals surface area contributed by atoms with Crippen molar-refractivity contribution >= 4 is 5.97 Å². The molecule has 3 unspecified atom stereocenters. The molecule has 0 rings (SSSR count). The number of aliphatic hydroxyl groups is 2. The summed E-state index contributed by atoms with van der Waals surface area (Å²) < 4.78 is 87.2. The van der Waals surface area contributed by atoms with Crippen molar-refractivity contribution in [3.63, 3.8) is 0 Å². The van der Waals surface area contributed by atoms with Gasteiger partial charge in [-0.05, 0) is 25.7 Å². The fraction of sp³-hybridized carbons (Fsp3) is 0.800. The largest absolute Gasteiger partial charge is 0.480 e. The van der Waals surface area contributed by atoms with Crippen molar-refractivity contribution in [3.8, 4) is 0 Å². The summed E-state index contributed by atoms with van der Waals surface area (Å²) in [5.74, 6) is -12.8. The highest BCUT2D eigenvalue weighted by atomic mass is 19.4. The van der Waals surface area contributed by atoms with Crippen LogP contribution in [0.2, 0.25) is 0 Å². The van der Waals surface area contributed by atoms with E-state index in [9.17, 15) is 45.7 Å². The van der Waals surface area contributed by atoms with Crippen LogP contribution in [0.1, 0.15) is 38.5 Å². The maximum Gasteiger partial charge on any atom is 0.459 e. The number of allylic oxidation sites excluding steroid dienone is 1. The maximum absolute atomic E-state index is 13.0. The van der Waals surface area contributed by atoms with Crippen LogP contribution in [0.4, 0.5) is 30.7 Å². The van der Waals surface area contributed by atoms with Crippen LogP contribution in [0.15, 0.2) is 12.2 Å². The topological polar surface area (TPSA) is 104 Å². The highest BCUT2D eigenvalue weighted by Crippen LogP contribution is 2.48. The van der Waals surface area contributed by atoms with Gasteiger partial charge in [0.15, 0.2) is 0 Å². The van der Waals surface area contributed by atoms with E-state index < -0.39 is 55.1 Å². The maximum atomic E-state index is 13.0. The van der Waals surface area contributed by atoms with Gasteiger partial charge in [0, 0.05) is 6.42 Å². The monoisotopic (exact) mass is 413 g/mol. The summed E-state index contributed by atoms with van der Waals surface area (Å²) in [6.07, 6.45) is -8.48. The van der Waals surface area contributed by atoms with Crippen LogP contribution >= 0.6 is 0 Å². The van der Waals surface area contributed by atoms with Gasteiger partial charge in [0.1, 0.15) is 12.1 Å². The minimum atomic E-state index is -6.33. The molecule has 0 heterocycles. The number of hydrogen-bond donors (Lipinski definition) is 4. The summed E-state index contributed by atoms with van der Waals surface area (Å²) >= 11 is 0. The van der Waals surface area contributed by atoms with Gasteiger partial charge in [0.25, 0.3) is 0 Å². The second-order valence-electron chi connectivity index (χ2n) is 6.01. The highest BCUT2D eigenvalue weighted by molar-refractivity contribution is 5.74. The summed E-state index contributed by atoms with van der Waals surface area (Å²) in [4.78, 5) is 10.5. The zero-order chi connectivity index (χ0) is 21.5. The molecule has 0 aromatic carbocycles. The summed E-state index contributed by atoms with van der Waals surface area (Å²) in [5, 5.41) is 27.5. The second kappa shape index (κ2) is 10.2. The van der Waals surface area contributed by atoms with Gasteiger partial charge in [-0.25, -0.2) is 0 Å². The third-order valence-corrected chi connectivity index (χ3v) is 3.77. The highest BCUT2D eigenvalue weighted by Gasteiger charge is 2.72. The van der Waals surface area contributed by atoms with E-state index in [4.69, 9.17) is 10.8 Å². The van der Waals surface area contributed by atoms with Crippen molar-refractivity contribution in [2.45, 2.75) is 74.8 Å². The molecule has 0 spiro atoms. The van der Waals surface area contributed by atoms with E-state index in [0.29, 0.717) is 0 Å². The van der Waals surface area contributed by atoms with Crippen LogP contribution in [0, 0.1) is 0 Å². The van der Waals surface area contributed by atoms with E-state index in [0.717, 1.165) is 0 Å². The van der Waals surface area contributed by atoms with Gasteiger partial charge in [-0.3, -0.25) is 4.79 Å². The van der Waals surface area contributed by atoms with Crippen molar-refractivity contribution < 1.29 is 50.8 Å². The predicted molar refractivity (Wildman–Crippen MR) is 80.4 cm³/mol. The summed E-state index contributed by atoms with van der Waals surface area (Å²) in [6.45, 7) is 0. The lowest BCUT2D eigenvalue weighted by Gasteiger charge is -2.28. The molecule has 0 aromatic rings. The zero-order valence-electron chi connectivity index (χ0n) is 14.1. The van der Waals surface area contributed by atoms with Crippen molar-refractivity contribution in [1.29, 1.82) is 0 Å². The van der Waals surface area contributed by atoms with Gasteiger partial charge in [-0.1, -0.05) is 18.6 Å². The van der Waals surface area contributed by atoms with Crippen molar-refractivity contribution in [2.24, 2.45) is 5.73 Å². The zero-order valence-corrected chi connectivity index (χ0v) is 14.1. The Kier molecular flexibility index (Phi) is 9.70. The number of aliphatic hydroxyl groups excluding tert-OH is 2. The second-order valence-corrected chi connectivity index (χ2v) is 6.01. The number of rotatable bonds is 12. The fourth-order valence-corrected chi connectivity index (χ4v) is 2.03. The molecule has 0 saturated carbocycles. The van der Waals surface area contributed by atoms with E-state index in [1.54, 1.807) is 0 Å². The molecule has 0 aliphatic rings. The van der Waals surface area contributed by atoms with Crippen molar-refractivity contribution in [3.05, 3.63) is 12.2 Å². The van der Waals surface area contributed by atoms with Gasteiger partial charge >= 0.3 is 24.0 Å². The standard InChI is InChI=1S/C15H22F7NO4/c16-13(17,14(18,19)15(20,21)22)8-6-4-2-1-3-5-7-9(24)11(25)10(23)12(26)27/h3,5,9-11,24-25H,1-2,4,6-8,23H2,(H,26,27). The molecule has 0 radical (unpaired) electrons. The van der Waals surface area contributed by atoms with Gasteiger partial charge in [-0.15, -0.1) is 0 Å². The van der Waals surface area contributed by atoms with E-state index in [-0.39, 0.29) is 25.7 Å². The molecule has 0 aliphatic heterocycles. The Balaban J connectivity index is 4.14. The average Bonchev–Trinajstić information content (AvgIpc) is 2.54. The van der Waals surface area contributed by atoms with Gasteiger partial charge in [0.2, 0.25) is 0 Å². The normalized spacial score (nSPS) is 17.1. The quantitative estimate of drug-likeness (QED) is 0.224. The first-order valence-electron chi connectivity index (χ1n) is 7.97. The number of unbranched alkanes of at least 4 members (excludes halogenated alkanes) is 3. The lowest BCUT2D eigenvalue weighted by atomic mass is 10.0. The third-order valence-electron chi connectivity index (χ3n) is 3.77. The van der Waals surface area contributed by atoms with E-state index in [1.807, 2.05) is 0 Å². The molecule has 12 heteroatoms. The smallest absolute Gasteiger partial charge is 0.459 e. The lowest BCUT2D eigenvalue weighted by Crippen LogP contribution is -2.51. The van der Waals surface area contributed by atoms with Gasteiger partial charge in [-0.2, -0.15) is 30.7 Å². The lowest BCUT2D eigenvalue weighted by molar-refractivity contribution is -0.355. The molecule has 0 aliphatic carbocycles. The van der Waals surface area contributed by atoms with Gasteiger partial charge in [0.05, 0.1) is 6.10 Å². The molecule has 0 fully saturated rings. The number of alkyl halides is 7. The number of nitrogens with two attached hydrogens (primary N) is 1. The molecular weight excluding hydrogens is 391 g/mol. The van der Waals surface area contributed by atoms with E-state index in [1.165, 1.54) is 12.2 Å². The molecule has 5 N–H and O–H groups in total. The summed E-state index contributed by atoms with van der Waals surface area (Å²) in [5.41, 5.74) is 5.12. The Bertz CT molecular complexity index is 497. The van der Waals surface area contributed by atoms with Crippen LogP contribution in [-0.2, 0) is 4.79 Å². The number of carboxylic acid groups (broad SMARTS) is 1. The first-order valence-corrected chi connectivity index (χ1v) is 7.97. The van der Waals surface area contributed by atoms with Crippen LogP contribution in [0.3, 0.4) is 0 Å². The number of hydrogen-bond acceptors (Lipinski definition) is 4. The molecule has 0 aromatic heterocycles. The number of carbonyl (C=O) groups is 1. The van der Waals surface area contributed by atoms with Crippen LogP contribution in [0.25, 0.3) is 0 Å². The molecule has 0 bridgehead atoms. The minimum Gasteiger partial charge on any atom is -0.480 e. The Labute approximate surface area is 150 Å². The fourth-order valence-electron chi connectivity index (χ4n) is 2.03. The molecule has 0 amide bonds. The Morgan fingerprint density at radius 2 is 1.52 bits per heavy atom. The summed E-state index contributed by atoms with van der Waals surface area (Å²) in [6, 6.07) is -1.68. The predicted octanol–water partition coefficient (Wildman–Crippen LogP) is 2.85. The van der Waals surface area contributed by atoms with E-state index in [2.05, 4.69) is 0 Å². The Morgan fingerprint density at radius 1 is 0.963 bits per heavy atom. The number of halogens is 7. The SMILES string of the molecule is NC(C(=O)O)C(O)C(O)CC=CCCCCCC(F)(F)C(F)(F)C(F)(F)F. The van der Waals surface area contributed by atoms with Crippen LogP contribution < -0.4 is 5.73 Å². The Hall–Kier alpha value is -1.40. The van der Waals surface area contributed by atoms with Crippen LogP contribution in [0.5, 0.6) is 0 Å². The van der Waals surface area contributed by atoms with Gasteiger partial charge < -0.3 is 21.1 Å². The van der Waals surface area contributed by atoms with Crippen molar-refractivity contribution in [2.75, 3.05) is 0 Å². The molecule has 27 heavy (non-hydrogen) atoms. The first kappa shape index (κ1) is 25.6. The molecule has 160 valence electrons. The third kappa shape index (κ3) is 7.62. The van der Waals surface area contributed by atoms with Crippen molar-refractivity contribution in [1.82, 2.24) is 0 Å². The molecule has 3 atom stereocenters. The minimum absolute atomic E-state index is 0.0249. The molecule has 0 saturated heterocycles. The molecule has 5 nitrogen and oxygen atoms in total. The number of aliphatic carboxylic acids is 1. The summed E-state index contributed by atoms with van der Waals surface area (Å²) in [7, 11) is 0. The van der Waals surface area contributed by atoms with E-state index >= 15 is 0 Å². The average molecular weight is 413 g/mol. The number of carboxylic acids is 1. The molecular formula is C15H22F7NO4. The Morgan fingerprint density at radius 3 is 2.00 bits per heavy atom. The van der Waals surface area contributed by atoms with Crippen LogP contribution in [-0.4, -0.2) is 57.6 Å².